The summed E-state index contributed by atoms with van der Waals surface area (Å²) >= 11 is 0. The van der Waals surface area contributed by atoms with Crippen LogP contribution < -0.4 is 16.0 Å². The normalized spacial score (nSPS) is 10.6. The molecule has 3 N–H and O–H groups in total. The smallest absolute Gasteiger partial charge is 0.223 e. The van der Waals surface area contributed by atoms with Crippen LogP contribution in [-0.2, 0) is 0 Å². The molecule has 0 unspecified atom stereocenters. The van der Waals surface area contributed by atoms with Crippen molar-refractivity contribution < 1.29 is 0 Å². The molecule has 0 aliphatic carbocycles. The van der Waals surface area contributed by atoms with Crippen molar-refractivity contribution in [2.24, 2.45) is 0 Å². The minimum atomic E-state index is 0.309. The molecule has 0 fully saturated rings. The second-order valence-corrected chi connectivity index (χ2v) is 4.01. The summed E-state index contributed by atoms with van der Waals surface area (Å²) in [6.45, 7) is 7.41. The molecule has 0 bridgehead atoms. The van der Waals surface area contributed by atoms with Crippen molar-refractivity contribution in [2.45, 2.75) is 33.2 Å². The average Bonchev–Trinajstić information content (AvgIpc) is 2.24. The Morgan fingerprint density at radius 1 is 1.44 bits per heavy atom. The summed E-state index contributed by atoms with van der Waals surface area (Å²) < 4.78 is 0. The summed E-state index contributed by atoms with van der Waals surface area (Å²) in [5, 5.41) is 2.99. The minimum absolute atomic E-state index is 0.309. The third-order valence-corrected chi connectivity index (χ3v) is 2.37. The number of anilines is 3. The molecule has 1 aromatic rings. The molecule has 0 amide bonds. The van der Waals surface area contributed by atoms with Crippen molar-refractivity contribution in [3.8, 4) is 0 Å². The van der Waals surface area contributed by atoms with Crippen LogP contribution >= 0.6 is 0 Å². The Morgan fingerprint density at radius 3 is 2.62 bits per heavy atom. The van der Waals surface area contributed by atoms with Crippen molar-refractivity contribution in [3.05, 3.63) is 6.07 Å². The molecule has 5 nitrogen and oxygen atoms in total. The quantitative estimate of drug-likeness (QED) is 0.795. The Kier molecular flexibility index (Phi) is 4.34. The third kappa shape index (κ3) is 2.98. The van der Waals surface area contributed by atoms with E-state index in [1.54, 1.807) is 0 Å². The number of hydrogen-bond donors (Lipinski definition) is 2. The van der Waals surface area contributed by atoms with Gasteiger partial charge in [0.1, 0.15) is 11.6 Å². The second-order valence-electron chi connectivity index (χ2n) is 4.01. The predicted octanol–water partition coefficient (Wildman–Crippen LogP) is 1.73. The van der Waals surface area contributed by atoms with Crippen molar-refractivity contribution in [1.82, 2.24) is 9.97 Å². The number of hydrogen-bond acceptors (Lipinski definition) is 5. The van der Waals surface area contributed by atoms with Crippen molar-refractivity contribution >= 4 is 17.6 Å². The van der Waals surface area contributed by atoms with Gasteiger partial charge in [0.05, 0.1) is 0 Å². The summed E-state index contributed by atoms with van der Waals surface area (Å²) in [7, 11) is 1.82. The highest BCUT2D eigenvalue weighted by atomic mass is 15.2. The zero-order valence-electron chi connectivity index (χ0n) is 10.5. The molecule has 0 atom stereocenters. The highest BCUT2D eigenvalue weighted by molar-refractivity contribution is 5.52. The first kappa shape index (κ1) is 12.5. The zero-order chi connectivity index (χ0) is 12.1. The van der Waals surface area contributed by atoms with Crippen LogP contribution in [0.25, 0.3) is 0 Å². The van der Waals surface area contributed by atoms with Gasteiger partial charge < -0.3 is 16.0 Å². The van der Waals surface area contributed by atoms with Gasteiger partial charge in [-0.15, -0.1) is 0 Å². The van der Waals surface area contributed by atoms with E-state index in [-0.39, 0.29) is 0 Å². The van der Waals surface area contributed by atoms with Crippen LogP contribution in [0.3, 0.4) is 0 Å². The lowest BCUT2D eigenvalue weighted by Crippen LogP contribution is -2.32. The minimum Gasteiger partial charge on any atom is -0.373 e. The fourth-order valence-corrected chi connectivity index (χ4v) is 1.61. The van der Waals surface area contributed by atoms with E-state index in [9.17, 15) is 0 Å². The molecule has 0 aliphatic rings. The standard InChI is InChI=1S/C11H21N5/c1-5-6-16(8(2)3)10-7-9(13-4)14-11(12)15-10/h7-8H,5-6H2,1-4H3,(H3,12,13,14,15). The highest BCUT2D eigenvalue weighted by Gasteiger charge is 2.12. The van der Waals surface area contributed by atoms with E-state index in [0.29, 0.717) is 12.0 Å². The van der Waals surface area contributed by atoms with Crippen molar-refractivity contribution in [3.63, 3.8) is 0 Å². The molecule has 16 heavy (non-hydrogen) atoms. The number of nitrogens with zero attached hydrogens (tertiary/aromatic N) is 3. The van der Waals surface area contributed by atoms with Crippen LogP contribution in [-0.4, -0.2) is 29.6 Å². The molecule has 1 rings (SSSR count). The molecule has 0 spiro atoms. The van der Waals surface area contributed by atoms with Gasteiger partial charge in [0, 0.05) is 25.7 Å². The first-order chi connectivity index (χ1) is 7.58. The maximum Gasteiger partial charge on any atom is 0.223 e. The van der Waals surface area contributed by atoms with E-state index in [1.807, 2.05) is 13.1 Å². The predicted molar refractivity (Wildman–Crippen MR) is 68.8 cm³/mol. The molecule has 0 aromatic carbocycles. The fourth-order valence-electron chi connectivity index (χ4n) is 1.61. The number of rotatable bonds is 5. The van der Waals surface area contributed by atoms with Crippen LogP contribution in [0.1, 0.15) is 27.2 Å². The number of nitrogens with one attached hydrogen (secondary N) is 1. The molecule has 1 aromatic heterocycles. The SMILES string of the molecule is CCCN(c1cc(NC)nc(N)n1)C(C)C. The van der Waals surface area contributed by atoms with E-state index in [1.165, 1.54) is 0 Å². The van der Waals surface area contributed by atoms with Gasteiger partial charge in [-0.25, -0.2) is 0 Å². The lowest BCUT2D eigenvalue weighted by molar-refractivity contribution is 0.662. The van der Waals surface area contributed by atoms with E-state index < -0.39 is 0 Å². The van der Waals surface area contributed by atoms with Gasteiger partial charge in [-0.05, 0) is 20.3 Å². The van der Waals surface area contributed by atoms with Crippen LogP contribution in [0, 0.1) is 0 Å². The summed E-state index contributed by atoms with van der Waals surface area (Å²) in [5.74, 6) is 1.95. The molecule has 0 saturated heterocycles. The molecule has 0 aliphatic heterocycles. The van der Waals surface area contributed by atoms with Gasteiger partial charge in [0.25, 0.3) is 0 Å². The molecular formula is C11H21N5. The topological polar surface area (TPSA) is 67.1 Å². The van der Waals surface area contributed by atoms with Gasteiger partial charge in [0.2, 0.25) is 5.95 Å². The number of aromatic nitrogens is 2. The van der Waals surface area contributed by atoms with Crippen molar-refractivity contribution in [2.75, 3.05) is 29.5 Å². The molecular weight excluding hydrogens is 202 g/mol. The maximum absolute atomic E-state index is 5.68. The summed E-state index contributed by atoms with van der Waals surface area (Å²) in [6, 6.07) is 2.32. The van der Waals surface area contributed by atoms with E-state index >= 15 is 0 Å². The van der Waals surface area contributed by atoms with E-state index in [2.05, 4.69) is 41.0 Å². The average molecular weight is 223 g/mol. The zero-order valence-corrected chi connectivity index (χ0v) is 10.5. The summed E-state index contributed by atoms with van der Waals surface area (Å²) in [4.78, 5) is 10.6. The Bertz CT molecular complexity index is 337. The number of nitrogen functional groups attached to an aromatic ring is 1. The summed E-state index contributed by atoms with van der Waals surface area (Å²) in [5.41, 5.74) is 5.68. The Morgan fingerprint density at radius 2 is 2.12 bits per heavy atom. The van der Waals surface area contributed by atoms with Crippen molar-refractivity contribution in [1.29, 1.82) is 0 Å². The Hall–Kier alpha value is -1.52. The Labute approximate surface area is 97.1 Å². The molecule has 0 radical (unpaired) electrons. The highest BCUT2D eigenvalue weighted by Crippen LogP contribution is 2.19. The maximum atomic E-state index is 5.68. The van der Waals surface area contributed by atoms with Gasteiger partial charge in [-0.2, -0.15) is 9.97 Å². The van der Waals surface area contributed by atoms with Crippen LogP contribution in [0.5, 0.6) is 0 Å². The molecule has 90 valence electrons. The van der Waals surface area contributed by atoms with Crippen LogP contribution in [0.4, 0.5) is 17.6 Å². The number of nitrogens with two attached hydrogens (primary N) is 1. The molecule has 0 saturated carbocycles. The van der Waals surface area contributed by atoms with Crippen LogP contribution in [0.15, 0.2) is 6.07 Å². The van der Waals surface area contributed by atoms with Gasteiger partial charge in [-0.3, -0.25) is 0 Å². The summed E-state index contributed by atoms with van der Waals surface area (Å²) in [6.07, 6.45) is 1.08. The third-order valence-electron chi connectivity index (χ3n) is 2.37. The van der Waals surface area contributed by atoms with E-state index in [0.717, 1.165) is 24.6 Å². The fraction of sp³-hybridized carbons (Fsp3) is 0.636. The lowest BCUT2D eigenvalue weighted by Gasteiger charge is -2.27. The first-order valence-corrected chi connectivity index (χ1v) is 5.67. The molecule has 1 heterocycles. The van der Waals surface area contributed by atoms with E-state index in [4.69, 9.17) is 5.73 Å². The monoisotopic (exact) mass is 223 g/mol. The largest absolute Gasteiger partial charge is 0.373 e. The molecule has 5 heteroatoms. The van der Waals surface area contributed by atoms with Gasteiger partial charge >= 0.3 is 0 Å². The van der Waals surface area contributed by atoms with Crippen LogP contribution in [0.2, 0.25) is 0 Å². The van der Waals surface area contributed by atoms with Gasteiger partial charge in [0.15, 0.2) is 0 Å². The first-order valence-electron chi connectivity index (χ1n) is 5.67. The Balaban J connectivity index is 3.03. The second kappa shape index (κ2) is 5.53. The van der Waals surface area contributed by atoms with Gasteiger partial charge in [-0.1, -0.05) is 6.92 Å². The lowest BCUT2D eigenvalue weighted by atomic mass is 10.3.